The van der Waals surface area contributed by atoms with Crippen molar-refractivity contribution in [1.29, 1.82) is 5.26 Å². The summed E-state index contributed by atoms with van der Waals surface area (Å²) >= 11 is 0. The summed E-state index contributed by atoms with van der Waals surface area (Å²) in [5.41, 5.74) is 0.821. The lowest BCUT2D eigenvalue weighted by molar-refractivity contribution is 0.133. The summed E-state index contributed by atoms with van der Waals surface area (Å²) in [5, 5.41) is 9.07. The van der Waals surface area contributed by atoms with Crippen molar-refractivity contribution < 1.29 is 13.2 Å². The van der Waals surface area contributed by atoms with Crippen molar-refractivity contribution in [3.05, 3.63) is 29.3 Å². The predicted molar refractivity (Wildman–Crippen MR) is 72.2 cm³/mol. The Balaban J connectivity index is 3.02. The van der Waals surface area contributed by atoms with Crippen molar-refractivity contribution in [3.8, 4) is 6.07 Å². The van der Waals surface area contributed by atoms with Crippen molar-refractivity contribution in [3.63, 3.8) is 0 Å². The Morgan fingerprint density at radius 3 is 2.74 bits per heavy atom. The molecule has 0 aliphatic rings. The highest BCUT2D eigenvalue weighted by atomic mass is 32.2. The largest absolute Gasteiger partial charge is 0.380 e. The van der Waals surface area contributed by atoms with Crippen LogP contribution >= 0.6 is 0 Å². The second kappa shape index (κ2) is 6.66. The number of hydrogen-bond acceptors (Lipinski definition) is 4. The van der Waals surface area contributed by atoms with Gasteiger partial charge in [0.2, 0.25) is 10.0 Å². The monoisotopic (exact) mass is 282 g/mol. The van der Waals surface area contributed by atoms with Gasteiger partial charge in [-0.15, -0.1) is 0 Å². The minimum atomic E-state index is -3.71. The van der Waals surface area contributed by atoms with Gasteiger partial charge in [-0.2, -0.15) is 5.26 Å². The lowest BCUT2D eigenvalue weighted by atomic mass is 10.1. The molecular formula is C13H18N2O3S. The summed E-state index contributed by atoms with van der Waals surface area (Å²) in [6.07, 6.45) is 0. The van der Waals surface area contributed by atoms with Crippen molar-refractivity contribution in [1.82, 2.24) is 4.72 Å². The number of nitriles is 1. The Bertz CT molecular complexity index is 576. The van der Waals surface area contributed by atoms with Crippen LogP contribution in [-0.2, 0) is 14.8 Å². The van der Waals surface area contributed by atoms with Crippen molar-refractivity contribution >= 4 is 10.0 Å². The van der Waals surface area contributed by atoms with Gasteiger partial charge in [-0.05, 0) is 32.4 Å². The molecule has 6 heteroatoms. The van der Waals surface area contributed by atoms with E-state index in [-0.39, 0.29) is 16.5 Å². The molecule has 0 radical (unpaired) electrons. The third-order valence-corrected chi connectivity index (χ3v) is 4.20. The molecule has 0 heterocycles. The standard InChI is InChI=1S/C13H18N2O3S/c1-4-18-9-11(3)15-19(16,17)13-7-5-6-10(2)12(13)8-14/h5-7,11,15H,4,9H2,1-3H3. The number of hydrogen-bond donors (Lipinski definition) is 1. The van der Waals surface area contributed by atoms with E-state index in [9.17, 15) is 8.42 Å². The molecule has 1 unspecified atom stereocenters. The van der Waals surface area contributed by atoms with E-state index in [2.05, 4.69) is 4.72 Å². The zero-order chi connectivity index (χ0) is 14.5. The molecule has 0 spiro atoms. The van der Waals surface area contributed by atoms with Gasteiger partial charge >= 0.3 is 0 Å². The van der Waals surface area contributed by atoms with E-state index in [1.54, 1.807) is 26.0 Å². The summed E-state index contributed by atoms with van der Waals surface area (Å²) in [7, 11) is -3.71. The summed E-state index contributed by atoms with van der Waals surface area (Å²) in [6, 6.07) is 6.35. The zero-order valence-corrected chi connectivity index (χ0v) is 12.1. The van der Waals surface area contributed by atoms with Gasteiger partial charge < -0.3 is 4.74 Å². The van der Waals surface area contributed by atoms with E-state index in [0.29, 0.717) is 18.8 Å². The van der Waals surface area contributed by atoms with Crippen LogP contribution in [-0.4, -0.2) is 27.7 Å². The van der Waals surface area contributed by atoms with Crippen LogP contribution in [0.2, 0.25) is 0 Å². The molecule has 0 saturated carbocycles. The molecule has 0 bridgehead atoms. The number of rotatable bonds is 6. The third-order valence-electron chi connectivity index (χ3n) is 2.56. The first-order valence-corrected chi connectivity index (χ1v) is 7.50. The maximum Gasteiger partial charge on any atom is 0.242 e. The Labute approximate surface area is 114 Å². The Morgan fingerprint density at radius 2 is 2.16 bits per heavy atom. The fraction of sp³-hybridized carbons (Fsp3) is 0.462. The quantitative estimate of drug-likeness (QED) is 0.859. The number of aryl methyl sites for hydroxylation is 1. The van der Waals surface area contributed by atoms with E-state index in [1.165, 1.54) is 6.07 Å². The summed E-state index contributed by atoms with van der Waals surface area (Å²) in [6.45, 7) is 6.09. The molecule has 1 aromatic carbocycles. The second-order valence-electron chi connectivity index (χ2n) is 4.24. The summed E-state index contributed by atoms with van der Waals surface area (Å²) < 4.78 is 32.1. The van der Waals surface area contributed by atoms with Gasteiger partial charge in [0.15, 0.2) is 0 Å². The molecule has 104 valence electrons. The van der Waals surface area contributed by atoms with Crippen molar-refractivity contribution in [2.45, 2.75) is 31.7 Å². The van der Waals surface area contributed by atoms with Crippen LogP contribution in [0.25, 0.3) is 0 Å². The molecule has 1 aromatic rings. The first kappa shape index (κ1) is 15.6. The van der Waals surface area contributed by atoms with E-state index in [1.807, 2.05) is 13.0 Å². The minimum Gasteiger partial charge on any atom is -0.380 e. The fourth-order valence-corrected chi connectivity index (χ4v) is 3.12. The van der Waals surface area contributed by atoms with Gasteiger partial charge in [-0.3, -0.25) is 0 Å². The van der Waals surface area contributed by atoms with Crippen LogP contribution in [0.5, 0.6) is 0 Å². The van der Waals surface area contributed by atoms with Gasteiger partial charge in [-0.1, -0.05) is 12.1 Å². The number of nitrogens with one attached hydrogen (secondary N) is 1. The molecule has 19 heavy (non-hydrogen) atoms. The summed E-state index contributed by atoms with van der Waals surface area (Å²) in [5.74, 6) is 0. The van der Waals surface area contributed by atoms with Crippen LogP contribution in [0, 0.1) is 18.3 Å². The first-order valence-electron chi connectivity index (χ1n) is 6.02. The number of benzene rings is 1. The van der Waals surface area contributed by atoms with E-state index in [4.69, 9.17) is 10.00 Å². The fourth-order valence-electron chi connectivity index (χ4n) is 1.67. The average molecular weight is 282 g/mol. The van der Waals surface area contributed by atoms with Gasteiger partial charge in [0.25, 0.3) is 0 Å². The molecular weight excluding hydrogens is 264 g/mol. The van der Waals surface area contributed by atoms with Crippen LogP contribution in [0.3, 0.4) is 0 Å². The Morgan fingerprint density at radius 1 is 1.47 bits per heavy atom. The predicted octanol–water partition coefficient (Wildman–Crippen LogP) is 1.57. The van der Waals surface area contributed by atoms with Crippen LogP contribution in [0.4, 0.5) is 0 Å². The smallest absolute Gasteiger partial charge is 0.242 e. The number of sulfonamides is 1. The second-order valence-corrected chi connectivity index (χ2v) is 5.92. The Hall–Kier alpha value is -1.42. The summed E-state index contributed by atoms with van der Waals surface area (Å²) in [4.78, 5) is 0.0124. The zero-order valence-electron chi connectivity index (χ0n) is 11.3. The lowest BCUT2D eigenvalue weighted by Gasteiger charge is -2.15. The maximum absolute atomic E-state index is 12.2. The van der Waals surface area contributed by atoms with Crippen LogP contribution < -0.4 is 4.72 Å². The van der Waals surface area contributed by atoms with Crippen LogP contribution in [0.15, 0.2) is 23.1 Å². The minimum absolute atomic E-state index is 0.0124. The highest BCUT2D eigenvalue weighted by Gasteiger charge is 2.21. The number of ether oxygens (including phenoxy) is 1. The molecule has 0 aliphatic heterocycles. The molecule has 1 rings (SSSR count). The maximum atomic E-state index is 12.2. The molecule has 0 amide bonds. The molecule has 0 fully saturated rings. The Kier molecular flexibility index (Phi) is 5.48. The van der Waals surface area contributed by atoms with E-state index < -0.39 is 10.0 Å². The van der Waals surface area contributed by atoms with Crippen molar-refractivity contribution in [2.24, 2.45) is 0 Å². The normalized spacial score (nSPS) is 12.9. The molecule has 5 nitrogen and oxygen atoms in total. The highest BCUT2D eigenvalue weighted by Crippen LogP contribution is 2.18. The first-order chi connectivity index (χ1) is 8.92. The van der Waals surface area contributed by atoms with Gasteiger partial charge in [0.05, 0.1) is 12.2 Å². The highest BCUT2D eigenvalue weighted by molar-refractivity contribution is 7.89. The van der Waals surface area contributed by atoms with Gasteiger partial charge in [0.1, 0.15) is 11.0 Å². The van der Waals surface area contributed by atoms with Gasteiger partial charge in [0, 0.05) is 12.6 Å². The molecule has 0 aliphatic carbocycles. The topological polar surface area (TPSA) is 79.2 Å². The third kappa shape index (κ3) is 4.03. The number of nitrogens with zero attached hydrogens (tertiary/aromatic N) is 1. The SMILES string of the molecule is CCOCC(C)NS(=O)(=O)c1cccc(C)c1C#N. The van der Waals surface area contributed by atoms with Crippen molar-refractivity contribution in [2.75, 3.05) is 13.2 Å². The molecule has 0 aromatic heterocycles. The molecule has 1 N–H and O–H groups in total. The molecule has 0 saturated heterocycles. The average Bonchev–Trinajstić information content (AvgIpc) is 2.35. The lowest BCUT2D eigenvalue weighted by Crippen LogP contribution is -2.36. The van der Waals surface area contributed by atoms with E-state index in [0.717, 1.165) is 0 Å². The van der Waals surface area contributed by atoms with E-state index >= 15 is 0 Å². The van der Waals surface area contributed by atoms with Crippen LogP contribution in [0.1, 0.15) is 25.0 Å². The molecule has 1 atom stereocenters. The van der Waals surface area contributed by atoms with Gasteiger partial charge in [-0.25, -0.2) is 13.1 Å².